The summed E-state index contributed by atoms with van der Waals surface area (Å²) in [5.74, 6) is -1.47. The van der Waals surface area contributed by atoms with E-state index in [2.05, 4.69) is 5.32 Å². The van der Waals surface area contributed by atoms with Gasteiger partial charge in [0.25, 0.3) is 5.91 Å². The lowest BCUT2D eigenvalue weighted by molar-refractivity contribution is -0.145. The highest BCUT2D eigenvalue weighted by Crippen LogP contribution is 2.19. The fraction of sp³-hybridized carbons (Fsp3) is 0.179. The van der Waals surface area contributed by atoms with Crippen LogP contribution in [0.2, 0.25) is 0 Å². The van der Waals surface area contributed by atoms with Crippen LogP contribution in [0.4, 0.5) is 0 Å². The Balaban J connectivity index is 1.95. The number of ether oxygens (including phenoxy) is 1. The molecule has 34 heavy (non-hydrogen) atoms. The van der Waals surface area contributed by atoms with E-state index in [4.69, 9.17) is 15.9 Å². The molecule has 0 aliphatic rings. The van der Waals surface area contributed by atoms with Gasteiger partial charge in [-0.05, 0) is 42.7 Å². The minimum Gasteiger partial charge on any atom is -0.469 e. The van der Waals surface area contributed by atoms with Crippen LogP contribution in [-0.2, 0) is 16.0 Å². The number of carbonyl (C=O) groups is 2. The highest BCUT2D eigenvalue weighted by atomic mass is 16.5. The average Bonchev–Trinajstić information content (AvgIpc) is 2.85. The Morgan fingerprint density at radius 1 is 1.00 bits per heavy atom. The second kappa shape index (κ2) is 11.6. The highest BCUT2D eigenvalue weighted by Gasteiger charge is 2.29. The van der Waals surface area contributed by atoms with Crippen molar-refractivity contribution in [1.82, 2.24) is 5.32 Å². The van der Waals surface area contributed by atoms with Crippen LogP contribution >= 0.6 is 0 Å². The Labute approximate surface area is 200 Å². The third-order valence-electron chi connectivity index (χ3n) is 5.54. The number of nitrogen functional groups attached to an aromatic ring is 1. The minimum atomic E-state index is -0.693. The number of esters is 1. The number of nitrogens with one attached hydrogen (secondary N) is 2. The molecule has 0 unspecified atom stereocenters. The van der Waals surface area contributed by atoms with Crippen LogP contribution in [0.3, 0.4) is 0 Å². The van der Waals surface area contributed by atoms with E-state index >= 15 is 0 Å². The fourth-order valence-electron chi connectivity index (χ4n) is 3.63. The van der Waals surface area contributed by atoms with Gasteiger partial charge in [-0.2, -0.15) is 0 Å². The number of amidine groups is 1. The van der Waals surface area contributed by atoms with E-state index in [0.717, 1.165) is 16.7 Å². The lowest BCUT2D eigenvalue weighted by atomic mass is 9.90. The molecule has 0 radical (unpaired) electrons. The van der Waals surface area contributed by atoms with Crippen LogP contribution in [0.1, 0.15) is 32.6 Å². The smallest absolute Gasteiger partial charge is 0.311 e. The topological polar surface area (TPSA) is 105 Å². The molecule has 0 heterocycles. The summed E-state index contributed by atoms with van der Waals surface area (Å²) in [5.41, 5.74) is 9.52. The van der Waals surface area contributed by atoms with Gasteiger partial charge in [-0.25, -0.2) is 0 Å². The van der Waals surface area contributed by atoms with Gasteiger partial charge in [0, 0.05) is 11.1 Å². The summed E-state index contributed by atoms with van der Waals surface area (Å²) >= 11 is 0. The first-order valence-corrected chi connectivity index (χ1v) is 11.0. The van der Waals surface area contributed by atoms with Crippen molar-refractivity contribution < 1.29 is 14.3 Å². The number of hydrogen-bond donors (Lipinski definition) is 3. The summed E-state index contributed by atoms with van der Waals surface area (Å²) in [6.07, 6.45) is 3.99. The van der Waals surface area contributed by atoms with Gasteiger partial charge < -0.3 is 15.8 Å². The van der Waals surface area contributed by atoms with Gasteiger partial charge in [-0.3, -0.25) is 15.0 Å². The highest BCUT2D eigenvalue weighted by molar-refractivity contribution is 5.95. The van der Waals surface area contributed by atoms with Crippen molar-refractivity contribution in [2.24, 2.45) is 11.7 Å². The van der Waals surface area contributed by atoms with Crippen LogP contribution < -0.4 is 11.1 Å². The zero-order chi connectivity index (χ0) is 24.5. The number of nitrogens with two attached hydrogens (primary N) is 1. The molecule has 6 nitrogen and oxygen atoms in total. The van der Waals surface area contributed by atoms with Crippen LogP contribution in [-0.4, -0.2) is 30.9 Å². The second-order valence-electron chi connectivity index (χ2n) is 8.08. The van der Waals surface area contributed by atoms with Gasteiger partial charge in [-0.1, -0.05) is 78.4 Å². The Hall–Kier alpha value is -4.19. The molecule has 0 aliphatic carbocycles. The summed E-state index contributed by atoms with van der Waals surface area (Å²) in [6.45, 7) is 1.95. The molecule has 3 aromatic carbocycles. The standard InChI is InChI=1S/C28H29N3O3/c1-19-11-14-22(15-12-19)27(32)31-25(16-13-20-7-4-3-5-8-20)24(28(33)34-2)18-21-9-6-10-23(17-21)26(29)30/h3-17,24-25H,18H2,1-2H3,(H3,29,30)(H,31,32)/b16-13+/t24-,25-/m1/s1. The first-order chi connectivity index (χ1) is 16.4. The van der Waals surface area contributed by atoms with Crippen molar-refractivity contribution >= 4 is 23.8 Å². The molecular formula is C28H29N3O3. The van der Waals surface area contributed by atoms with Gasteiger partial charge in [0.15, 0.2) is 0 Å². The summed E-state index contributed by atoms with van der Waals surface area (Å²) in [6, 6.07) is 23.4. The molecule has 0 fully saturated rings. The molecule has 3 rings (SSSR count). The van der Waals surface area contributed by atoms with E-state index < -0.39 is 17.9 Å². The van der Waals surface area contributed by atoms with E-state index in [1.54, 1.807) is 30.3 Å². The van der Waals surface area contributed by atoms with E-state index in [1.165, 1.54) is 7.11 Å². The maximum atomic E-state index is 13.0. The van der Waals surface area contributed by atoms with Gasteiger partial charge in [-0.15, -0.1) is 0 Å². The predicted molar refractivity (Wildman–Crippen MR) is 135 cm³/mol. The molecule has 0 aliphatic heterocycles. The molecule has 0 saturated heterocycles. The number of methoxy groups -OCH3 is 1. The SMILES string of the molecule is COC(=O)[C@H](Cc1cccc(C(=N)N)c1)[C@@H](/C=C/c1ccccc1)NC(=O)c1ccc(C)cc1. The number of rotatable bonds is 9. The molecule has 3 aromatic rings. The number of amides is 1. The zero-order valence-corrected chi connectivity index (χ0v) is 19.3. The van der Waals surface area contributed by atoms with Crippen molar-refractivity contribution in [1.29, 1.82) is 5.41 Å². The monoisotopic (exact) mass is 455 g/mol. The number of aryl methyl sites for hydroxylation is 1. The van der Waals surface area contributed by atoms with Crippen LogP contribution in [0, 0.1) is 18.3 Å². The summed E-state index contributed by atoms with van der Waals surface area (Å²) in [7, 11) is 1.33. The quantitative estimate of drug-likeness (QED) is 0.256. The van der Waals surface area contributed by atoms with Crippen molar-refractivity contribution in [2.75, 3.05) is 7.11 Å². The molecule has 0 aromatic heterocycles. The maximum absolute atomic E-state index is 13.0. The fourth-order valence-corrected chi connectivity index (χ4v) is 3.63. The van der Waals surface area contributed by atoms with E-state index in [9.17, 15) is 9.59 Å². The van der Waals surface area contributed by atoms with Crippen molar-refractivity contribution in [3.8, 4) is 0 Å². The van der Waals surface area contributed by atoms with Crippen molar-refractivity contribution in [3.05, 3.63) is 113 Å². The van der Waals surface area contributed by atoms with Gasteiger partial charge in [0.1, 0.15) is 5.84 Å². The maximum Gasteiger partial charge on any atom is 0.311 e. The number of carbonyl (C=O) groups excluding carboxylic acids is 2. The first-order valence-electron chi connectivity index (χ1n) is 11.0. The van der Waals surface area contributed by atoms with Crippen LogP contribution in [0.25, 0.3) is 6.08 Å². The van der Waals surface area contributed by atoms with Crippen LogP contribution in [0.5, 0.6) is 0 Å². The molecule has 0 spiro atoms. The Morgan fingerprint density at radius 3 is 2.35 bits per heavy atom. The largest absolute Gasteiger partial charge is 0.469 e. The molecule has 0 saturated carbocycles. The molecule has 6 heteroatoms. The second-order valence-corrected chi connectivity index (χ2v) is 8.08. The minimum absolute atomic E-state index is 0.0512. The molecular weight excluding hydrogens is 426 g/mol. The number of hydrogen-bond acceptors (Lipinski definition) is 4. The molecule has 4 N–H and O–H groups in total. The Kier molecular flexibility index (Phi) is 8.35. The first kappa shape index (κ1) is 24.5. The number of benzene rings is 3. The van der Waals surface area contributed by atoms with Crippen molar-refractivity contribution in [2.45, 2.75) is 19.4 Å². The van der Waals surface area contributed by atoms with E-state index in [-0.39, 0.29) is 11.7 Å². The summed E-state index contributed by atoms with van der Waals surface area (Å²) in [4.78, 5) is 25.9. The van der Waals surface area contributed by atoms with E-state index in [1.807, 2.05) is 67.6 Å². The molecule has 174 valence electrons. The van der Waals surface area contributed by atoms with Gasteiger partial charge in [0.2, 0.25) is 0 Å². The van der Waals surface area contributed by atoms with Gasteiger partial charge in [0.05, 0.1) is 19.1 Å². The summed E-state index contributed by atoms with van der Waals surface area (Å²) < 4.78 is 5.11. The lowest BCUT2D eigenvalue weighted by Crippen LogP contribution is -2.43. The molecule has 2 atom stereocenters. The van der Waals surface area contributed by atoms with E-state index in [0.29, 0.717) is 17.5 Å². The molecule has 0 bridgehead atoms. The normalized spacial score (nSPS) is 12.6. The molecule has 1 amide bonds. The van der Waals surface area contributed by atoms with Gasteiger partial charge >= 0.3 is 5.97 Å². The zero-order valence-electron chi connectivity index (χ0n) is 19.3. The Morgan fingerprint density at radius 2 is 1.71 bits per heavy atom. The summed E-state index contributed by atoms with van der Waals surface area (Å²) in [5, 5.41) is 10.7. The Bertz CT molecular complexity index is 1170. The van der Waals surface area contributed by atoms with Crippen LogP contribution in [0.15, 0.2) is 84.9 Å². The predicted octanol–water partition coefficient (Wildman–Crippen LogP) is 4.12. The average molecular weight is 456 g/mol. The third kappa shape index (κ3) is 6.65. The third-order valence-corrected chi connectivity index (χ3v) is 5.54. The lowest BCUT2D eigenvalue weighted by Gasteiger charge is -2.24. The van der Waals surface area contributed by atoms with Crippen molar-refractivity contribution in [3.63, 3.8) is 0 Å².